The summed E-state index contributed by atoms with van der Waals surface area (Å²) in [6.45, 7) is 0.491. The molecule has 0 radical (unpaired) electrons. The van der Waals surface area contributed by atoms with Crippen molar-refractivity contribution in [3.63, 3.8) is 0 Å². The van der Waals surface area contributed by atoms with E-state index in [9.17, 15) is 0 Å². The molecule has 0 N–H and O–H groups in total. The summed E-state index contributed by atoms with van der Waals surface area (Å²) in [5, 5.41) is 0. The molecular weight excluding hydrogens is 188 g/mol. The molecule has 2 aliphatic rings. The summed E-state index contributed by atoms with van der Waals surface area (Å²) in [5.74, 6) is 0. The molecule has 0 unspecified atom stereocenters. The Morgan fingerprint density at radius 2 is 1.79 bits per heavy atom. The third-order valence-electron chi connectivity index (χ3n) is 2.66. The van der Waals surface area contributed by atoms with Crippen molar-refractivity contribution in [3.05, 3.63) is 0 Å². The Bertz CT molecular complexity index is 198. The molecule has 2 rings (SSSR count). The average molecular weight is 204 g/mol. The first-order valence-electron chi connectivity index (χ1n) is 4.67. The van der Waals surface area contributed by atoms with Gasteiger partial charge in [-0.1, -0.05) is 0 Å². The molecule has 0 aromatic rings. The van der Waals surface area contributed by atoms with Gasteiger partial charge in [-0.05, 0) is 0 Å². The first kappa shape index (κ1) is 10.3. The molecule has 2 heterocycles. The summed E-state index contributed by atoms with van der Waals surface area (Å²) >= 11 is 0. The third kappa shape index (κ3) is 1.66. The molecule has 0 aromatic heterocycles. The lowest BCUT2D eigenvalue weighted by Crippen LogP contribution is -2.48. The Morgan fingerprint density at radius 1 is 1.00 bits per heavy atom. The second kappa shape index (κ2) is 4.12. The lowest BCUT2D eigenvalue weighted by Gasteiger charge is -2.31. The molecule has 14 heavy (non-hydrogen) atoms. The predicted octanol–water partition coefficient (Wildman–Crippen LogP) is -0.214. The maximum absolute atomic E-state index is 5.64. The highest BCUT2D eigenvalue weighted by molar-refractivity contribution is 5.01. The highest BCUT2D eigenvalue weighted by Gasteiger charge is 2.58. The van der Waals surface area contributed by atoms with E-state index < -0.39 is 0 Å². The molecular formula is C9H16O5. The largest absolute Gasteiger partial charge is 0.382 e. The van der Waals surface area contributed by atoms with E-state index in [2.05, 4.69) is 0 Å². The van der Waals surface area contributed by atoms with Crippen LogP contribution in [-0.4, -0.2) is 58.6 Å². The van der Waals surface area contributed by atoms with Gasteiger partial charge in [-0.25, -0.2) is 0 Å². The Labute approximate surface area is 83.2 Å². The zero-order valence-corrected chi connectivity index (χ0v) is 8.64. The van der Waals surface area contributed by atoms with Gasteiger partial charge in [-0.15, -0.1) is 0 Å². The van der Waals surface area contributed by atoms with E-state index in [1.807, 2.05) is 0 Å². The number of hydrogen-bond donors (Lipinski definition) is 0. The van der Waals surface area contributed by atoms with Crippen molar-refractivity contribution in [1.82, 2.24) is 0 Å². The lowest BCUT2D eigenvalue weighted by molar-refractivity contribution is -0.213. The predicted molar refractivity (Wildman–Crippen MR) is 47.0 cm³/mol. The van der Waals surface area contributed by atoms with Gasteiger partial charge in [0.1, 0.15) is 24.4 Å². The van der Waals surface area contributed by atoms with Crippen molar-refractivity contribution in [2.45, 2.75) is 30.7 Å². The quantitative estimate of drug-likeness (QED) is 0.593. The van der Waals surface area contributed by atoms with Gasteiger partial charge >= 0.3 is 0 Å². The minimum Gasteiger partial charge on any atom is -0.382 e. The molecule has 0 saturated carbocycles. The van der Waals surface area contributed by atoms with Crippen molar-refractivity contribution in [1.29, 1.82) is 0 Å². The molecule has 0 bridgehead atoms. The topological polar surface area (TPSA) is 49.5 Å². The lowest BCUT2D eigenvalue weighted by atomic mass is 10.1. The number of epoxide rings is 1. The van der Waals surface area contributed by atoms with E-state index in [4.69, 9.17) is 23.7 Å². The van der Waals surface area contributed by atoms with Crippen LogP contribution in [0.2, 0.25) is 0 Å². The average Bonchev–Trinajstić information content (AvgIpc) is 2.96. The molecule has 5 heteroatoms. The van der Waals surface area contributed by atoms with E-state index >= 15 is 0 Å². The summed E-state index contributed by atoms with van der Waals surface area (Å²) in [6, 6.07) is 0. The summed E-state index contributed by atoms with van der Waals surface area (Å²) in [4.78, 5) is 0. The second-order valence-corrected chi connectivity index (χ2v) is 3.50. The third-order valence-corrected chi connectivity index (χ3v) is 2.66. The fourth-order valence-electron chi connectivity index (χ4n) is 1.93. The molecule has 0 spiro atoms. The van der Waals surface area contributed by atoms with Gasteiger partial charge < -0.3 is 23.7 Å². The number of ether oxygens (including phenoxy) is 5. The molecule has 0 aliphatic carbocycles. The summed E-state index contributed by atoms with van der Waals surface area (Å²) in [5.41, 5.74) is 0. The number of rotatable bonds is 4. The van der Waals surface area contributed by atoms with Gasteiger partial charge in [0.25, 0.3) is 0 Å². The van der Waals surface area contributed by atoms with Gasteiger partial charge in [0.2, 0.25) is 0 Å². The Balaban J connectivity index is 1.99. The van der Waals surface area contributed by atoms with Crippen LogP contribution in [-0.2, 0) is 23.7 Å². The standard InChI is InChI=1S/C9H16O5/c1-10-4-5-6(11-2)7-8(14-7)9(12-3)13-5/h5-9H,4H2,1-3H3/t5-,6-,7+,8+,9-/m1/s1. The second-order valence-electron chi connectivity index (χ2n) is 3.50. The smallest absolute Gasteiger partial charge is 0.186 e. The monoisotopic (exact) mass is 204 g/mol. The molecule has 5 atom stereocenters. The molecule has 2 saturated heterocycles. The molecule has 0 amide bonds. The van der Waals surface area contributed by atoms with Crippen LogP contribution in [0.1, 0.15) is 0 Å². The Hall–Kier alpha value is -0.200. The van der Waals surface area contributed by atoms with Crippen LogP contribution in [0, 0.1) is 0 Å². The number of hydrogen-bond acceptors (Lipinski definition) is 5. The summed E-state index contributed by atoms with van der Waals surface area (Å²) in [6.07, 6.45) is -0.325. The summed E-state index contributed by atoms with van der Waals surface area (Å²) in [7, 11) is 4.90. The SMILES string of the molecule is COC[C@H]1O[C@@H](OC)[C@H]2O[C@H]2[C@@H]1OC. The van der Waals surface area contributed by atoms with Gasteiger partial charge in [0.15, 0.2) is 6.29 Å². The van der Waals surface area contributed by atoms with Gasteiger partial charge in [-0.3, -0.25) is 0 Å². The zero-order valence-electron chi connectivity index (χ0n) is 8.64. The number of fused-ring (bicyclic) bond motifs is 1. The van der Waals surface area contributed by atoms with Crippen LogP contribution in [0.15, 0.2) is 0 Å². The normalized spacial score (nSPS) is 46.1. The fourth-order valence-corrected chi connectivity index (χ4v) is 1.93. The van der Waals surface area contributed by atoms with E-state index in [1.165, 1.54) is 0 Å². The van der Waals surface area contributed by atoms with Crippen molar-refractivity contribution >= 4 is 0 Å². The van der Waals surface area contributed by atoms with Crippen LogP contribution >= 0.6 is 0 Å². The molecule has 2 aliphatic heterocycles. The van der Waals surface area contributed by atoms with Gasteiger partial charge in [0, 0.05) is 21.3 Å². The zero-order chi connectivity index (χ0) is 10.1. The van der Waals surface area contributed by atoms with Crippen molar-refractivity contribution in [2.75, 3.05) is 27.9 Å². The fraction of sp³-hybridized carbons (Fsp3) is 1.00. The first-order chi connectivity index (χ1) is 6.81. The van der Waals surface area contributed by atoms with Gasteiger partial charge in [0.05, 0.1) is 6.61 Å². The highest BCUT2D eigenvalue weighted by atomic mass is 16.7. The van der Waals surface area contributed by atoms with E-state index in [0.717, 1.165) is 0 Å². The van der Waals surface area contributed by atoms with Crippen LogP contribution in [0.5, 0.6) is 0 Å². The molecule has 82 valence electrons. The Kier molecular flexibility index (Phi) is 3.04. The van der Waals surface area contributed by atoms with Crippen LogP contribution < -0.4 is 0 Å². The first-order valence-corrected chi connectivity index (χ1v) is 4.67. The summed E-state index contributed by atoms with van der Waals surface area (Å²) < 4.78 is 26.6. The minimum absolute atomic E-state index is 0.0260. The maximum Gasteiger partial charge on any atom is 0.186 e. The van der Waals surface area contributed by atoms with Crippen LogP contribution in [0.25, 0.3) is 0 Å². The van der Waals surface area contributed by atoms with E-state index in [1.54, 1.807) is 21.3 Å². The molecule has 0 aromatic carbocycles. The Morgan fingerprint density at radius 3 is 2.36 bits per heavy atom. The number of methoxy groups -OCH3 is 3. The molecule has 2 fully saturated rings. The molecule has 5 nitrogen and oxygen atoms in total. The van der Waals surface area contributed by atoms with Crippen LogP contribution in [0.3, 0.4) is 0 Å². The van der Waals surface area contributed by atoms with Crippen molar-refractivity contribution < 1.29 is 23.7 Å². The van der Waals surface area contributed by atoms with Crippen molar-refractivity contribution in [2.24, 2.45) is 0 Å². The van der Waals surface area contributed by atoms with Gasteiger partial charge in [-0.2, -0.15) is 0 Å². The van der Waals surface area contributed by atoms with Crippen molar-refractivity contribution in [3.8, 4) is 0 Å². The minimum atomic E-state index is -0.286. The van der Waals surface area contributed by atoms with E-state index in [0.29, 0.717) is 6.61 Å². The maximum atomic E-state index is 5.64. The highest BCUT2D eigenvalue weighted by Crippen LogP contribution is 2.38. The van der Waals surface area contributed by atoms with Crippen LogP contribution in [0.4, 0.5) is 0 Å². The van der Waals surface area contributed by atoms with E-state index in [-0.39, 0.29) is 30.7 Å².